The maximum absolute atomic E-state index is 3.17. The lowest BCUT2D eigenvalue weighted by molar-refractivity contribution is 0.815. The minimum absolute atomic E-state index is 0. The molecule has 0 radical (unpaired) electrons. The van der Waals surface area contributed by atoms with E-state index >= 15 is 0 Å². The molecule has 0 heteroatoms. The van der Waals surface area contributed by atoms with Crippen molar-refractivity contribution in [2.45, 2.75) is 112 Å². The molecule has 0 saturated carbocycles. The smallest absolute Gasteiger partial charge is 0.00885 e. The van der Waals surface area contributed by atoms with Gasteiger partial charge >= 0.3 is 0 Å². The molecule has 0 atom stereocenters. The highest BCUT2D eigenvalue weighted by molar-refractivity contribution is 4.98. The fourth-order valence-electron chi connectivity index (χ4n) is 0.707. The standard InChI is InChI=1S/C10H18.8CH4/c1-3-5-7-9-10-8-6-4-2;;;;;;;;/h3-8H2,1-2H3;8*1H4. The van der Waals surface area contributed by atoms with Gasteiger partial charge in [-0.2, -0.15) is 0 Å². The minimum Gasteiger partial charge on any atom is -0.103 e. The number of rotatable bonds is 4. The van der Waals surface area contributed by atoms with Crippen LogP contribution in [-0.4, -0.2) is 0 Å². The van der Waals surface area contributed by atoms with E-state index in [2.05, 4.69) is 25.7 Å². The van der Waals surface area contributed by atoms with Crippen LogP contribution in [0.2, 0.25) is 0 Å². The highest BCUT2D eigenvalue weighted by Gasteiger charge is 1.77. The second-order valence-corrected chi connectivity index (χ2v) is 2.56. The summed E-state index contributed by atoms with van der Waals surface area (Å²) in [6.07, 6.45) is 7.25. The molecule has 0 unspecified atom stereocenters. The van der Waals surface area contributed by atoms with Crippen molar-refractivity contribution < 1.29 is 0 Å². The predicted molar refractivity (Wildman–Crippen MR) is 101 cm³/mol. The van der Waals surface area contributed by atoms with Gasteiger partial charge in [-0.15, -0.1) is 11.8 Å². The molecule has 0 bridgehead atoms. The quantitative estimate of drug-likeness (QED) is 0.353. The molecule has 0 aliphatic heterocycles. The Labute approximate surface area is 124 Å². The third kappa shape index (κ3) is 76.7. The van der Waals surface area contributed by atoms with Gasteiger partial charge in [0.05, 0.1) is 0 Å². The van der Waals surface area contributed by atoms with Gasteiger partial charge in [-0.1, -0.05) is 86.1 Å². The number of hydrogen-bond acceptors (Lipinski definition) is 0. The second-order valence-electron chi connectivity index (χ2n) is 2.56. The van der Waals surface area contributed by atoms with Gasteiger partial charge in [0.2, 0.25) is 0 Å². The first-order chi connectivity index (χ1) is 4.91. The molecule has 0 aliphatic carbocycles. The largest absolute Gasteiger partial charge is 0.103 e. The maximum atomic E-state index is 3.17. The van der Waals surface area contributed by atoms with Crippen LogP contribution >= 0.6 is 0 Å². The summed E-state index contributed by atoms with van der Waals surface area (Å²) in [5.41, 5.74) is 0. The van der Waals surface area contributed by atoms with Gasteiger partial charge in [0.1, 0.15) is 0 Å². The highest BCUT2D eigenvalue weighted by Crippen LogP contribution is 1.93. The van der Waals surface area contributed by atoms with E-state index in [1.807, 2.05) is 0 Å². The predicted octanol–water partition coefficient (Wildman–Crippen LogP) is 8.46. The Hall–Kier alpha value is -0.440. The van der Waals surface area contributed by atoms with Gasteiger partial charge in [-0.3, -0.25) is 0 Å². The van der Waals surface area contributed by atoms with Gasteiger partial charge in [-0.25, -0.2) is 0 Å². The van der Waals surface area contributed by atoms with Crippen LogP contribution < -0.4 is 0 Å². The first kappa shape index (κ1) is 65.7. The number of unbranched alkanes of at least 4 members (excludes halogenated alkanes) is 4. The van der Waals surface area contributed by atoms with E-state index in [1.54, 1.807) is 0 Å². The molecule has 0 saturated heterocycles. The monoisotopic (exact) mass is 266 g/mol. The molecule has 0 spiro atoms. The van der Waals surface area contributed by atoms with Crippen molar-refractivity contribution in [1.82, 2.24) is 0 Å². The Morgan fingerprint density at radius 3 is 0.889 bits per heavy atom. The summed E-state index contributed by atoms with van der Waals surface area (Å²) >= 11 is 0. The van der Waals surface area contributed by atoms with Crippen LogP contribution in [0.1, 0.15) is 112 Å². The molecule has 18 heavy (non-hydrogen) atoms. The van der Waals surface area contributed by atoms with Crippen molar-refractivity contribution in [3.63, 3.8) is 0 Å². The lowest BCUT2D eigenvalue weighted by Gasteiger charge is -1.85. The van der Waals surface area contributed by atoms with Crippen molar-refractivity contribution in [2.75, 3.05) is 0 Å². The Morgan fingerprint density at radius 2 is 0.722 bits per heavy atom. The Balaban J connectivity index is -0.0000000145. The average molecular weight is 267 g/mol. The molecule has 0 amide bonds. The van der Waals surface area contributed by atoms with Crippen LogP contribution in [-0.2, 0) is 0 Å². The fourth-order valence-corrected chi connectivity index (χ4v) is 0.707. The van der Waals surface area contributed by atoms with E-state index < -0.39 is 0 Å². The SMILES string of the molecule is C.C.C.C.C.C.C.C.CCCCC#CCCCC. The zero-order chi connectivity index (χ0) is 7.66. The number of hydrogen-bond donors (Lipinski definition) is 0. The summed E-state index contributed by atoms with van der Waals surface area (Å²) in [5, 5.41) is 0. The topological polar surface area (TPSA) is 0 Å². The Bertz CT molecular complexity index is 90.9. The van der Waals surface area contributed by atoms with Crippen LogP contribution in [0.4, 0.5) is 0 Å². The summed E-state index contributed by atoms with van der Waals surface area (Å²) in [4.78, 5) is 0. The van der Waals surface area contributed by atoms with E-state index in [9.17, 15) is 0 Å². The average Bonchev–Trinajstić information content (AvgIpc) is 1.97. The van der Waals surface area contributed by atoms with Gasteiger partial charge in [-0.05, 0) is 12.8 Å². The van der Waals surface area contributed by atoms with Crippen molar-refractivity contribution in [3.8, 4) is 11.8 Å². The van der Waals surface area contributed by atoms with E-state index in [0.717, 1.165) is 12.8 Å². The van der Waals surface area contributed by atoms with Crippen LogP contribution in [0.25, 0.3) is 0 Å². The molecule has 122 valence electrons. The molecule has 0 heterocycles. The molecular formula is C18H50. The molecule has 0 rings (SSSR count). The molecule has 0 fully saturated rings. The van der Waals surface area contributed by atoms with Gasteiger partial charge in [0.15, 0.2) is 0 Å². The lowest BCUT2D eigenvalue weighted by atomic mass is 10.2. The molecule has 0 aromatic heterocycles. The van der Waals surface area contributed by atoms with Crippen LogP contribution in [0.3, 0.4) is 0 Å². The molecule has 0 aromatic carbocycles. The summed E-state index contributed by atoms with van der Waals surface area (Å²) in [6, 6.07) is 0. The van der Waals surface area contributed by atoms with Gasteiger partial charge in [0.25, 0.3) is 0 Å². The molecule has 0 aliphatic rings. The van der Waals surface area contributed by atoms with Crippen molar-refractivity contribution >= 4 is 0 Å². The molecule has 0 nitrogen and oxygen atoms in total. The third-order valence-electron chi connectivity index (χ3n) is 1.44. The highest BCUT2D eigenvalue weighted by atomic mass is 13.8. The Morgan fingerprint density at radius 1 is 0.500 bits per heavy atom. The van der Waals surface area contributed by atoms with Crippen LogP contribution in [0.15, 0.2) is 0 Å². The second kappa shape index (κ2) is 70.2. The minimum atomic E-state index is 0. The van der Waals surface area contributed by atoms with Gasteiger partial charge < -0.3 is 0 Å². The summed E-state index contributed by atoms with van der Waals surface area (Å²) in [6.45, 7) is 4.40. The van der Waals surface area contributed by atoms with Crippen molar-refractivity contribution in [1.29, 1.82) is 0 Å². The first-order valence-corrected chi connectivity index (χ1v) is 4.37. The summed E-state index contributed by atoms with van der Waals surface area (Å²) < 4.78 is 0. The zero-order valence-electron chi connectivity index (χ0n) is 7.24. The van der Waals surface area contributed by atoms with Crippen molar-refractivity contribution in [3.05, 3.63) is 0 Å². The van der Waals surface area contributed by atoms with E-state index in [1.165, 1.54) is 25.7 Å². The first-order valence-electron chi connectivity index (χ1n) is 4.37. The van der Waals surface area contributed by atoms with E-state index in [4.69, 9.17) is 0 Å². The Kier molecular flexibility index (Phi) is 256. The maximum Gasteiger partial charge on any atom is 0.00885 e. The molecule has 0 N–H and O–H groups in total. The van der Waals surface area contributed by atoms with Crippen LogP contribution in [0, 0.1) is 11.8 Å². The van der Waals surface area contributed by atoms with E-state index in [0.29, 0.717) is 0 Å². The summed E-state index contributed by atoms with van der Waals surface area (Å²) in [5.74, 6) is 6.34. The molecular weight excluding hydrogens is 216 g/mol. The zero-order valence-corrected chi connectivity index (χ0v) is 7.24. The lowest BCUT2D eigenvalue weighted by Crippen LogP contribution is -1.69. The molecule has 0 aromatic rings. The fraction of sp³-hybridized carbons (Fsp3) is 0.889. The normalized spacial score (nSPS) is 4.78. The van der Waals surface area contributed by atoms with Crippen LogP contribution in [0.5, 0.6) is 0 Å². The third-order valence-corrected chi connectivity index (χ3v) is 1.44. The van der Waals surface area contributed by atoms with Gasteiger partial charge in [0, 0.05) is 12.8 Å². The van der Waals surface area contributed by atoms with E-state index in [-0.39, 0.29) is 59.4 Å². The van der Waals surface area contributed by atoms with Crippen molar-refractivity contribution in [2.24, 2.45) is 0 Å². The summed E-state index contributed by atoms with van der Waals surface area (Å²) in [7, 11) is 0.